The minimum absolute atomic E-state index is 0.0650. The van der Waals surface area contributed by atoms with Crippen molar-refractivity contribution in [1.82, 2.24) is 10.0 Å². The lowest BCUT2D eigenvalue weighted by molar-refractivity contribution is 0.581. The number of benzene rings is 1. The lowest BCUT2D eigenvalue weighted by atomic mass is 10.2. The first kappa shape index (κ1) is 19.1. The molecule has 0 aliphatic rings. The molecule has 0 saturated carbocycles. The molecule has 0 radical (unpaired) electrons. The number of thioether (sulfide) groups is 1. The summed E-state index contributed by atoms with van der Waals surface area (Å²) >= 11 is 13.9. The molecule has 0 aliphatic carbocycles. The molecule has 4 nitrogen and oxygen atoms in total. The van der Waals surface area contributed by atoms with E-state index < -0.39 is 10.0 Å². The summed E-state index contributed by atoms with van der Waals surface area (Å²) in [6.07, 6.45) is 1.92. The van der Waals surface area contributed by atoms with Gasteiger partial charge < -0.3 is 5.32 Å². The Morgan fingerprint density at radius 1 is 1.29 bits per heavy atom. The van der Waals surface area contributed by atoms with Crippen molar-refractivity contribution in [3.05, 3.63) is 27.7 Å². The second-order valence-corrected chi connectivity index (χ2v) is 8.27. The Kier molecular flexibility index (Phi) is 7.81. The van der Waals surface area contributed by atoms with E-state index in [0.29, 0.717) is 29.4 Å². The number of rotatable bonds is 8. The lowest BCUT2D eigenvalue weighted by Gasteiger charge is -2.14. The minimum Gasteiger partial charge on any atom is -0.310 e. The quantitative estimate of drug-likeness (QED) is 0.690. The molecule has 1 rings (SSSR count). The van der Waals surface area contributed by atoms with E-state index >= 15 is 0 Å². The van der Waals surface area contributed by atoms with Gasteiger partial charge in [0.05, 0.1) is 5.02 Å². The number of hydrogen-bond donors (Lipinski definition) is 2. The summed E-state index contributed by atoms with van der Waals surface area (Å²) in [7, 11) is -3.62. The third-order valence-electron chi connectivity index (χ3n) is 2.73. The van der Waals surface area contributed by atoms with E-state index in [0.717, 1.165) is 0 Å². The molecule has 120 valence electrons. The van der Waals surface area contributed by atoms with Crippen LogP contribution in [0.4, 0.5) is 0 Å². The molecule has 0 heterocycles. The van der Waals surface area contributed by atoms with Gasteiger partial charge in [0.2, 0.25) is 10.0 Å². The SMILES string of the molecule is CSCCNS(=O)(=O)c1ccc(Cl)c(CNC(C)C)c1Cl. The van der Waals surface area contributed by atoms with Gasteiger partial charge in [0.15, 0.2) is 0 Å². The molecule has 2 N–H and O–H groups in total. The zero-order chi connectivity index (χ0) is 16.0. The zero-order valence-corrected chi connectivity index (χ0v) is 15.4. The van der Waals surface area contributed by atoms with E-state index in [2.05, 4.69) is 10.0 Å². The molecule has 0 aromatic heterocycles. The smallest absolute Gasteiger partial charge is 0.242 e. The first-order valence-corrected chi connectivity index (χ1v) is 10.1. The van der Waals surface area contributed by atoms with Crippen LogP contribution in [0.1, 0.15) is 19.4 Å². The van der Waals surface area contributed by atoms with Crippen LogP contribution >= 0.6 is 35.0 Å². The summed E-state index contributed by atoms with van der Waals surface area (Å²) in [4.78, 5) is 0.0650. The molecule has 0 bridgehead atoms. The lowest BCUT2D eigenvalue weighted by Crippen LogP contribution is -2.27. The number of sulfonamides is 1. The summed E-state index contributed by atoms with van der Waals surface area (Å²) < 4.78 is 27.1. The molecular formula is C13H20Cl2N2O2S2. The first-order chi connectivity index (χ1) is 9.79. The molecule has 0 saturated heterocycles. The molecule has 0 amide bonds. The Labute approximate surface area is 141 Å². The maximum Gasteiger partial charge on any atom is 0.242 e. The van der Waals surface area contributed by atoms with Crippen LogP contribution in [0.5, 0.6) is 0 Å². The monoisotopic (exact) mass is 370 g/mol. The Balaban J connectivity index is 3.06. The van der Waals surface area contributed by atoms with E-state index in [1.54, 1.807) is 17.8 Å². The molecule has 21 heavy (non-hydrogen) atoms. The summed E-state index contributed by atoms with van der Waals surface area (Å²) in [6, 6.07) is 3.25. The molecular weight excluding hydrogens is 351 g/mol. The highest BCUT2D eigenvalue weighted by molar-refractivity contribution is 7.98. The largest absolute Gasteiger partial charge is 0.310 e. The van der Waals surface area contributed by atoms with Crippen LogP contribution in [-0.4, -0.2) is 33.0 Å². The molecule has 0 aliphatic heterocycles. The van der Waals surface area contributed by atoms with E-state index in [4.69, 9.17) is 23.2 Å². The third kappa shape index (κ3) is 5.62. The van der Waals surface area contributed by atoms with Gasteiger partial charge in [-0.3, -0.25) is 0 Å². The second-order valence-electron chi connectivity index (χ2n) is 4.76. The van der Waals surface area contributed by atoms with E-state index in [9.17, 15) is 8.42 Å². The average molecular weight is 371 g/mol. The summed E-state index contributed by atoms with van der Waals surface area (Å²) in [6.45, 7) is 4.77. The normalized spacial score (nSPS) is 12.1. The van der Waals surface area contributed by atoms with Gasteiger partial charge in [-0.05, 0) is 18.4 Å². The van der Waals surface area contributed by atoms with Crippen molar-refractivity contribution in [2.45, 2.75) is 31.3 Å². The van der Waals surface area contributed by atoms with Gasteiger partial charge in [-0.15, -0.1) is 0 Å². The fraction of sp³-hybridized carbons (Fsp3) is 0.538. The Hall–Kier alpha value is 0.0200. The first-order valence-electron chi connectivity index (χ1n) is 6.48. The predicted molar refractivity (Wildman–Crippen MR) is 92.0 cm³/mol. The van der Waals surface area contributed by atoms with Crippen molar-refractivity contribution in [2.24, 2.45) is 0 Å². The Bertz CT molecular complexity index is 578. The number of halogens is 2. The van der Waals surface area contributed by atoms with Gasteiger partial charge in [0, 0.05) is 35.5 Å². The topological polar surface area (TPSA) is 58.2 Å². The Morgan fingerprint density at radius 2 is 1.95 bits per heavy atom. The highest BCUT2D eigenvalue weighted by Crippen LogP contribution is 2.31. The van der Waals surface area contributed by atoms with E-state index in [-0.39, 0.29) is 16.0 Å². The minimum atomic E-state index is -3.62. The molecule has 1 aromatic carbocycles. The molecule has 0 unspecified atom stereocenters. The van der Waals surface area contributed by atoms with Crippen LogP contribution in [0.2, 0.25) is 10.0 Å². The average Bonchev–Trinajstić information content (AvgIpc) is 2.37. The maximum absolute atomic E-state index is 12.3. The summed E-state index contributed by atoms with van der Waals surface area (Å²) in [5.74, 6) is 0.701. The van der Waals surface area contributed by atoms with Crippen molar-refractivity contribution < 1.29 is 8.42 Å². The fourth-order valence-electron chi connectivity index (χ4n) is 1.61. The highest BCUT2D eigenvalue weighted by Gasteiger charge is 2.21. The highest BCUT2D eigenvalue weighted by atomic mass is 35.5. The standard InChI is InChI=1S/C13H20Cl2N2O2S2/c1-9(2)16-8-10-11(14)4-5-12(13(10)15)21(18,19)17-6-7-20-3/h4-5,9,16-17H,6-8H2,1-3H3. The van der Waals surface area contributed by atoms with Gasteiger partial charge in [-0.1, -0.05) is 37.0 Å². The second kappa shape index (κ2) is 8.60. The third-order valence-corrected chi connectivity index (χ3v) is 5.74. The van der Waals surface area contributed by atoms with Crippen molar-refractivity contribution >= 4 is 45.0 Å². The van der Waals surface area contributed by atoms with Crippen LogP contribution in [0.25, 0.3) is 0 Å². The van der Waals surface area contributed by atoms with Gasteiger partial charge in [-0.2, -0.15) is 11.8 Å². The van der Waals surface area contributed by atoms with Gasteiger partial charge in [-0.25, -0.2) is 13.1 Å². The van der Waals surface area contributed by atoms with Crippen LogP contribution in [0.15, 0.2) is 17.0 Å². The molecule has 8 heteroatoms. The molecule has 1 aromatic rings. The summed E-state index contributed by atoms with van der Waals surface area (Å²) in [5.41, 5.74) is 0.597. The van der Waals surface area contributed by atoms with E-state index in [1.807, 2.05) is 20.1 Å². The maximum atomic E-state index is 12.3. The van der Waals surface area contributed by atoms with Crippen LogP contribution in [0.3, 0.4) is 0 Å². The number of nitrogens with one attached hydrogen (secondary N) is 2. The van der Waals surface area contributed by atoms with Crippen LogP contribution in [0, 0.1) is 0 Å². The van der Waals surface area contributed by atoms with Crippen molar-refractivity contribution in [2.75, 3.05) is 18.6 Å². The fourth-order valence-corrected chi connectivity index (χ4v) is 3.98. The van der Waals surface area contributed by atoms with Crippen LogP contribution in [-0.2, 0) is 16.6 Å². The van der Waals surface area contributed by atoms with Crippen molar-refractivity contribution in [1.29, 1.82) is 0 Å². The van der Waals surface area contributed by atoms with Crippen molar-refractivity contribution in [3.8, 4) is 0 Å². The zero-order valence-electron chi connectivity index (χ0n) is 12.2. The molecule has 0 atom stereocenters. The summed E-state index contributed by atoms with van der Waals surface area (Å²) in [5, 5.41) is 3.82. The van der Waals surface area contributed by atoms with Gasteiger partial charge in [0.1, 0.15) is 4.90 Å². The van der Waals surface area contributed by atoms with Crippen LogP contribution < -0.4 is 10.0 Å². The Morgan fingerprint density at radius 3 is 2.52 bits per heavy atom. The van der Waals surface area contributed by atoms with E-state index in [1.165, 1.54) is 6.07 Å². The van der Waals surface area contributed by atoms with Gasteiger partial charge >= 0.3 is 0 Å². The van der Waals surface area contributed by atoms with Crippen molar-refractivity contribution in [3.63, 3.8) is 0 Å². The van der Waals surface area contributed by atoms with Gasteiger partial charge in [0.25, 0.3) is 0 Å². The number of hydrogen-bond acceptors (Lipinski definition) is 4. The molecule has 0 spiro atoms. The predicted octanol–water partition coefficient (Wildman–Crippen LogP) is 3.13. The molecule has 0 fully saturated rings.